The van der Waals surface area contributed by atoms with E-state index >= 15 is 0 Å². The minimum atomic E-state index is 0.235. The standard InChI is InChI=1S/C15H21N3O/c1-2-17(13-9-16-10-13)11-15(19)18-8-7-12-5-3-4-6-14(12)18/h3-6,13,16H,2,7-11H2,1H3. The highest BCUT2D eigenvalue weighted by molar-refractivity contribution is 5.96. The quantitative estimate of drug-likeness (QED) is 0.871. The van der Waals surface area contributed by atoms with E-state index < -0.39 is 0 Å². The number of hydrogen-bond acceptors (Lipinski definition) is 3. The van der Waals surface area contributed by atoms with Crippen LogP contribution in [-0.4, -0.2) is 49.6 Å². The number of para-hydroxylation sites is 1. The van der Waals surface area contributed by atoms with Crippen LogP contribution in [0.1, 0.15) is 12.5 Å². The molecular weight excluding hydrogens is 238 g/mol. The number of nitrogens with one attached hydrogen (secondary N) is 1. The first kappa shape index (κ1) is 12.6. The normalized spacial score (nSPS) is 18.5. The fourth-order valence-corrected chi connectivity index (χ4v) is 2.89. The minimum absolute atomic E-state index is 0.235. The van der Waals surface area contributed by atoms with Crippen molar-refractivity contribution >= 4 is 11.6 Å². The summed E-state index contributed by atoms with van der Waals surface area (Å²) in [5.74, 6) is 0.235. The van der Waals surface area contributed by atoms with Crippen LogP contribution in [0.3, 0.4) is 0 Å². The van der Waals surface area contributed by atoms with E-state index in [0.29, 0.717) is 12.6 Å². The van der Waals surface area contributed by atoms with Crippen molar-refractivity contribution in [3.8, 4) is 0 Å². The van der Waals surface area contributed by atoms with Crippen LogP contribution in [0.25, 0.3) is 0 Å². The Morgan fingerprint density at radius 3 is 2.89 bits per heavy atom. The summed E-state index contributed by atoms with van der Waals surface area (Å²) >= 11 is 0. The molecule has 1 fully saturated rings. The molecule has 0 saturated carbocycles. The van der Waals surface area contributed by atoms with Crippen LogP contribution in [0.5, 0.6) is 0 Å². The number of anilines is 1. The zero-order valence-electron chi connectivity index (χ0n) is 11.4. The lowest BCUT2D eigenvalue weighted by molar-refractivity contribution is -0.120. The Balaban J connectivity index is 1.68. The van der Waals surface area contributed by atoms with E-state index in [2.05, 4.69) is 29.3 Å². The summed E-state index contributed by atoms with van der Waals surface area (Å²) in [6.45, 7) is 6.46. The molecule has 19 heavy (non-hydrogen) atoms. The fourth-order valence-electron chi connectivity index (χ4n) is 2.89. The van der Waals surface area contributed by atoms with Crippen molar-refractivity contribution in [3.63, 3.8) is 0 Å². The Kier molecular flexibility index (Phi) is 3.53. The third kappa shape index (κ3) is 2.38. The van der Waals surface area contributed by atoms with Crippen molar-refractivity contribution in [2.24, 2.45) is 0 Å². The molecule has 2 aliphatic rings. The number of rotatable bonds is 4. The molecule has 4 nitrogen and oxygen atoms in total. The summed E-state index contributed by atoms with van der Waals surface area (Å²) in [5, 5.41) is 3.27. The minimum Gasteiger partial charge on any atom is -0.314 e. The number of nitrogens with zero attached hydrogens (tertiary/aromatic N) is 2. The van der Waals surface area contributed by atoms with Gasteiger partial charge in [-0.15, -0.1) is 0 Å². The Hall–Kier alpha value is -1.39. The van der Waals surface area contributed by atoms with Gasteiger partial charge in [0.25, 0.3) is 0 Å². The summed E-state index contributed by atoms with van der Waals surface area (Å²) in [6, 6.07) is 8.77. The van der Waals surface area contributed by atoms with Crippen LogP contribution in [0.15, 0.2) is 24.3 Å². The van der Waals surface area contributed by atoms with E-state index in [4.69, 9.17) is 0 Å². The van der Waals surface area contributed by atoms with Gasteiger partial charge in [-0.3, -0.25) is 9.69 Å². The first-order valence-corrected chi connectivity index (χ1v) is 7.12. The third-order valence-electron chi connectivity index (χ3n) is 4.21. The maximum Gasteiger partial charge on any atom is 0.241 e. The van der Waals surface area contributed by atoms with Gasteiger partial charge in [0.05, 0.1) is 6.54 Å². The summed E-state index contributed by atoms with van der Waals surface area (Å²) in [7, 11) is 0. The third-order valence-corrected chi connectivity index (χ3v) is 4.21. The maximum absolute atomic E-state index is 12.5. The molecule has 0 bridgehead atoms. The molecule has 0 unspecified atom stereocenters. The van der Waals surface area contributed by atoms with Crippen molar-refractivity contribution in [2.75, 3.05) is 37.6 Å². The highest BCUT2D eigenvalue weighted by atomic mass is 16.2. The van der Waals surface area contributed by atoms with Gasteiger partial charge in [-0.2, -0.15) is 0 Å². The predicted octanol–water partition coefficient (Wildman–Crippen LogP) is 0.869. The highest BCUT2D eigenvalue weighted by Crippen LogP contribution is 2.27. The average Bonchev–Trinajstić information content (AvgIpc) is 2.79. The van der Waals surface area contributed by atoms with Gasteiger partial charge in [-0.25, -0.2) is 0 Å². The van der Waals surface area contributed by atoms with E-state index in [-0.39, 0.29) is 5.91 Å². The van der Waals surface area contributed by atoms with E-state index in [0.717, 1.165) is 38.3 Å². The summed E-state index contributed by atoms with van der Waals surface area (Å²) in [6.07, 6.45) is 0.985. The molecule has 0 spiro atoms. The van der Waals surface area contributed by atoms with Crippen molar-refractivity contribution in [2.45, 2.75) is 19.4 Å². The second kappa shape index (κ2) is 5.31. The Labute approximate surface area is 114 Å². The van der Waals surface area contributed by atoms with Gasteiger partial charge in [0.1, 0.15) is 0 Å². The van der Waals surface area contributed by atoms with E-state index in [9.17, 15) is 4.79 Å². The highest BCUT2D eigenvalue weighted by Gasteiger charge is 2.29. The van der Waals surface area contributed by atoms with Crippen LogP contribution in [-0.2, 0) is 11.2 Å². The molecule has 1 aromatic carbocycles. The Bertz CT molecular complexity index is 470. The predicted molar refractivity (Wildman–Crippen MR) is 76.4 cm³/mol. The zero-order chi connectivity index (χ0) is 13.2. The van der Waals surface area contributed by atoms with Gasteiger partial charge in [0.15, 0.2) is 0 Å². The molecule has 1 amide bonds. The SMILES string of the molecule is CCN(CC(=O)N1CCc2ccccc21)C1CNC1. The summed E-state index contributed by atoms with van der Waals surface area (Å²) < 4.78 is 0. The Morgan fingerprint density at radius 1 is 1.42 bits per heavy atom. The van der Waals surface area contributed by atoms with Gasteiger partial charge in [-0.1, -0.05) is 25.1 Å². The van der Waals surface area contributed by atoms with Crippen molar-refractivity contribution < 1.29 is 4.79 Å². The molecule has 0 aromatic heterocycles. The number of fused-ring (bicyclic) bond motifs is 1. The molecule has 2 heterocycles. The van der Waals surface area contributed by atoms with Crippen LogP contribution in [0.4, 0.5) is 5.69 Å². The van der Waals surface area contributed by atoms with Crippen molar-refractivity contribution in [1.82, 2.24) is 10.2 Å². The summed E-state index contributed by atoms with van der Waals surface area (Å²) in [4.78, 5) is 16.7. The van der Waals surface area contributed by atoms with Gasteiger partial charge in [-0.05, 0) is 24.6 Å². The number of carbonyl (C=O) groups excluding carboxylic acids is 1. The van der Waals surface area contributed by atoms with Gasteiger partial charge >= 0.3 is 0 Å². The van der Waals surface area contributed by atoms with Crippen LogP contribution in [0.2, 0.25) is 0 Å². The summed E-state index contributed by atoms with van der Waals surface area (Å²) in [5.41, 5.74) is 2.40. The number of carbonyl (C=O) groups is 1. The van der Waals surface area contributed by atoms with Crippen molar-refractivity contribution in [3.05, 3.63) is 29.8 Å². The molecular formula is C15H21N3O. The van der Waals surface area contributed by atoms with E-state index in [1.54, 1.807) is 0 Å². The number of amides is 1. The van der Waals surface area contributed by atoms with Crippen LogP contribution < -0.4 is 10.2 Å². The lowest BCUT2D eigenvalue weighted by atomic mass is 10.1. The molecule has 0 atom stereocenters. The molecule has 102 valence electrons. The molecule has 1 saturated heterocycles. The van der Waals surface area contributed by atoms with E-state index in [1.807, 2.05) is 17.0 Å². The van der Waals surface area contributed by atoms with Gasteiger partial charge < -0.3 is 10.2 Å². The fraction of sp³-hybridized carbons (Fsp3) is 0.533. The largest absolute Gasteiger partial charge is 0.314 e. The molecule has 0 radical (unpaired) electrons. The maximum atomic E-state index is 12.5. The van der Waals surface area contributed by atoms with Crippen LogP contribution in [0, 0.1) is 0 Å². The molecule has 2 aliphatic heterocycles. The smallest absolute Gasteiger partial charge is 0.241 e. The molecule has 1 aromatic rings. The van der Waals surface area contributed by atoms with Crippen molar-refractivity contribution in [1.29, 1.82) is 0 Å². The second-order valence-corrected chi connectivity index (χ2v) is 5.30. The lowest BCUT2D eigenvalue weighted by Crippen LogP contribution is -2.59. The topological polar surface area (TPSA) is 35.6 Å². The van der Waals surface area contributed by atoms with Gasteiger partial charge in [0, 0.05) is 31.4 Å². The monoisotopic (exact) mass is 259 g/mol. The second-order valence-electron chi connectivity index (χ2n) is 5.30. The average molecular weight is 259 g/mol. The number of hydrogen-bond donors (Lipinski definition) is 1. The van der Waals surface area contributed by atoms with Gasteiger partial charge in [0.2, 0.25) is 5.91 Å². The number of benzene rings is 1. The molecule has 4 heteroatoms. The van der Waals surface area contributed by atoms with E-state index in [1.165, 1.54) is 5.56 Å². The Morgan fingerprint density at radius 2 is 2.21 bits per heavy atom. The first-order chi connectivity index (χ1) is 9.29. The number of likely N-dealkylation sites (N-methyl/N-ethyl adjacent to an activating group) is 1. The zero-order valence-corrected chi connectivity index (χ0v) is 11.4. The lowest BCUT2D eigenvalue weighted by Gasteiger charge is -2.37. The van der Waals surface area contributed by atoms with Crippen LogP contribution >= 0.6 is 0 Å². The molecule has 1 N–H and O–H groups in total. The molecule has 0 aliphatic carbocycles. The molecule has 3 rings (SSSR count). The first-order valence-electron chi connectivity index (χ1n) is 7.12.